The maximum absolute atomic E-state index is 13.5. The molecule has 1 aliphatic carbocycles. The number of hydrogen-bond acceptors (Lipinski definition) is 3. The van der Waals surface area contributed by atoms with Crippen molar-refractivity contribution < 1.29 is 14.3 Å². The van der Waals surface area contributed by atoms with Crippen LogP contribution in [-0.2, 0) is 22.6 Å². The first-order valence-electron chi connectivity index (χ1n) is 12.7. The van der Waals surface area contributed by atoms with E-state index < -0.39 is 0 Å². The summed E-state index contributed by atoms with van der Waals surface area (Å²) < 4.78 is 6.25. The van der Waals surface area contributed by atoms with E-state index in [-0.39, 0.29) is 24.0 Å². The van der Waals surface area contributed by atoms with Gasteiger partial charge < -0.3 is 15.0 Å². The second-order valence-electron chi connectivity index (χ2n) is 9.73. The number of amides is 2. The minimum atomic E-state index is -0.127. The molecule has 3 aromatic carbocycles. The van der Waals surface area contributed by atoms with Crippen molar-refractivity contribution in [3.8, 4) is 0 Å². The first-order chi connectivity index (χ1) is 17.6. The van der Waals surface area contributed by atoms with E-state index >= 15 is 0 Å². The highest BCUT2D eigenvalue weighted by molar-refractivity contribution is 5.97. The fraction of sp³-hybridized carbons (Fsp3) is 0.290. The molecule has 2 atom stereocenters. The summed E-state index contributed by atoms with van der Waals surface area (Å²) in [7, 11) is 0. The standard InChI is InChI=1S/C31H32N2O3/c1-22-8-7-11-25(18-22)21-33-27-12-5-6-13-28(27)36-29(31(33)35)19-23-14-16-26(17-15-23)30(34)32-20-24-9-3-2-4-10-24/h2-4,7-11,14-19,27-28H,5-6,12-13,20-21H2,1H3,(H,32,34)/b29-19+. The van der Waals surface area contributed by atoms with Gasteiger partial charge in [0.1, 0.15) is 6.10 Å². The van der Waals surface area contributed by atoms with E-state index in [4.69, 9.17) is 4.74 Å². The number of fused-ring (bicyclic) bond motifs is 1. The van der Waals surface area contributed by atoms with Crippen LogP contribution >= 0.6 is 0 Å². The predicted octanol–water partition coefficient (Wildman–Crippen LogP) is 5.64. The molecule has 36 heavy (non-hydrogen) atoms. The van der Waals surface area contributed by atoms with Crippen LogP contribution in [0.2, 0.25) is 0 Å². The Labute approximate surface area is 212 Å². The number of benzene rings is 3. The molecule has 3 aromatic rings. The number of hydrogen-bond donors (Lipinski definition) is 1. The van der Waals surface area contributed by atoms with Crippen LogP contribution in [-0.4, -0.2) is 28.9 Å². The van der Waals surface area contributed by atoms with Crippen molar-refractivity contribution in [2.45, 2.75) is 57.8 Å². The zero-order chi connectivity index (χ0) is 24.9. The minimum Gasteiger partial charge on any atom is -0.482 e. The Bertz CT molecular complexity index is 1250. The highest BCUT2D eigenvalue weighted by atomic mass is 16.5. The van der Waals surface area contributed by atoms with Crippen molar-refractivity contribution in [1.29, 1.82) is 0 Å². The van der Waals surface area contributed by atoms with Gasteiger partial charge in [-0.3, -0.25) is 9.59 Å². The molecular formula is C31H32N2O3. The average molecular weight is 481 g/mol. The molecule has 5 nitrogen and oxygen atoms in total. The van der Waals surface area contributed by atoms with Gasteiger partial charge in [-0.15, -0.1) is 0 Å². The van der Waals surface area contributed by atoms with Crippen LogP contribution in [0, 0.1) is 6.92 Å². The predicted molar refractivity (Wildman–Crippen MR) is 141 cm³/mol. The quantitative estimate of drug-likeness (QED) is 0.465. The van der Waals surface area contributed by atoms with E-state index in [0.29, 0.717) is 24.4 Å². The lowest BCUT2D eigenvalue weighted by Gasteiger charge is -2.44. The van der Waals surface area contributed by atoms with Crippen molar-refractivity contribution in [2.75, 3.05) is 0 Å². The number of nitrogens with one attached hydrogen (secondary N) is 1. The summed E-state index contributed by atoms with van der Waals surface area (Å²) >= 11 is 0. The van der Waals surface area contributed by atoms with E-state index in [2.05, 4.69) is 30.4 Å². The molecule has 0 aromatic heterocycles. The van der Waals surface area contributed by atoms with Crippen LogP contribution in [0.1, 0.15) is 58.3 Å². The smallest absolute Gasteiger partial charge is 0.289 e. The molecule has 1 saturated heterocycles. The van der Waals surface area contributed by atoms with E-state index in [1.807, 2.05) is 59.5 Å². The van der Waals surface area contributed by atoms with Crippen LogP contribution in [0.15, 0.2) is 84.6 Å². The van der Waals surface area contributed by atoms with Crippen LogP contribution in [0.5, 0.6) is 0 Å². The normalized spacial score (nSPS) is 20.5. The van der Waals surface area contributed by atoms with Crippen molar-refractivity contribution in [3.63, 3.8) is 0 Å². The molecule has 2 fully saturated rings. The molecule has 184 valence electrons. The maximum atomic E-state index is 13.5. The van der Waals surface area contributed by atoms with Crippen LogP contribution < -0.4 is 5.32 Å². The van der Waals surface area contributed by atoms with Crippen molar-refractivity contribution >= 4 is 17.9 Å². The van der Waals surface area contributed by atoms with Gasteiger partial charge in [0.2, 0.25) is 0 Å². The Morgan fingerprint density at radius 3 is 2.50 bits per heavy atom. The van der Waals surface area contributed by atoms with Gasteiger partial charge in [0, 0.05) is 18.7 Å². The SMILES string of the molecule is Cc1cccc(CN2C(=O)/C(=C\c3ccc(C(=O)NCc4ccccc4)cc3)OC3CCCCC32)c1. The fourth-order valence-corrected chi connectivity index (χ4v) is 5.13. The highest BCUT2D eigenvalue weighted by Crippen LogP contribution is 2.34. The number of aryl methyl sites for hydroxylation is 1. The lowest BCUT2D eigenvalue weighted by molar-refractivity contribution is -0.149. The number of nitrogens with zero attached hydrogens (tertiary/aromatic N) is 1. The highest BCUT2D eigenvalue weighted by Gasteiger charge is 2.41. The lowest BCUT2D eigenvalue weighted by Crippen LogP contribution is -2.54. The molecule has 1 aliphatic heterocycles. The molecule has 1 heterocycles. The van der Waals surface area contributed by atoms with Gasteiger partial charge in [0.15, 0.2) is 5.76 Å². The summed E-state index contributed by atoms with van der Waals surface area (Å²) in [5.41, 5.74) is 4.80. The molecule has 2 aliphatic rings. The summed E-state index contributed by atoms with van der Waals surface area (Å²) in [5.74, 6) is 0.189. The molecule has 0 bridgehead atoms. The Hall–Kier alpha value is -3.86. The van der Waals surface area contributed by atoms with E-state index in [9.17, 15) is 9.59 Å². The Morgan fingerprint density at radius 1 is 0.972 bits per heavy atom. The molecule has 1 saturated carbocycles. The fourth-order valence-electron chi connectivity index (χ4n) is 5.13. The third-order valence-corrected chi connectivity index (χ3v) is 7.02. The summed E-state index contributed by atoms with van der Waals surface area (Å²) in [4.78, 5) is 28.1. The zero-order valence-corrected chi connectivity index (χ0v) is 20.7. The van der Waals surface area contributed by atoms with E-state index in [1.165, 1.54) is 5.56 Å². The monoisotopic (exact) mass is 480 g/mol. The van der Waals surface area contributed by atoms with Crippen LogP contribution in [0.4, 0.5) is 0 Å². The molecule has 5 heteroatoms. The van der Waals surface area contributed by atoms with Gasteiger partial charge in [0.05, 0.1) is 6.04 Å². The first kappa shape index (κ1) is 23.9. The molecule has 0 spiro atoms. The number of ether oxygens (including phenoxy) is 1. The van der Waals surface area contributed by atoms with Crippen molar-refractivity contribution in [2.24, 2.45) is 0 Å². The largest absolute Gasteiger partial charge is 0.482 e. The van der Waals surface area contributed by atoms with E-state index in [0.717, 1.165) is 42.4 Å². The third kappa shape index (κ3) is 5.51. The number of carbonyl (C=O) groups is 2. The lowest BCUT2D eigenvalue weighted by atomic mass is 9.89. The number of rotatable bonds is 6. The second-order valence-corrected chi connectivity index (χ2v) is 9.73. The van der Waals surface area contributed by atoms with Crippen LogP contribution in [0.3, 0.4) is 0 Å². The molecule has 2 unspecified atom stereocenters. The Balaban J connectivity index is 1.31. The zero-order valence-electron chi connectivity index (χ0n) is 20.7. The van der Waals surface area contributed by atoms with E-state index in [1.54, 1.807) is 12.1 Å². The molecule has 2 amide bonds. The van der Waals surface area contributed by atoms with Gasteiger partial charge in [-0.2, -0.15) is 0 Å². The molecule has 1 N–H and O–H groups in total. The topological polar surface area (TPSA) is 58.6 Å². The third-order valence-electron chi connectivity index (χ3n) is 7.02. The summed E-state index contributed by atoms with van der Waals surface area (Å²) in [6, 6.07) is 25.6. The number of carbonyl (C=O) groups excluding carboxylic acids is 2. The average Bonchev–Trinajstić information content (AvgIpc) is 2.91. The van der Waals surface area contributed by atoms with Crippen molar-refractivity contribution in [3.05, 3.63) is 112 Å². The van der Waals surface area contributed by atoms with Crippen molar-refractivity contribution in [1.82, 2.24) is 10.2 Å². The first-order valence-corrected chi connectivity index (χ1v) is 12.7. The summed E-state index contributed by atoms with van der Waals surface area (Å²) in [5, 5.41) is 2.95. The summed E-state index contributed by atoms with van der Waals surface area (Å²) in [6.07, 6.45) is 6.00. The molecule has 5 rings (SSSR count). The van der Waals surface area contributed by atoms with Gasteiger partial charge in [-0.1, -0.05) is 78.7 Å². The Morgan fingerprint density at radius 2 is 1.72 bits per heavy atom. The Kier molecular flexibility index (Phi) is 7.17. The summed E-state index contributed by atoms with van der Waals surface area (Å²) in [6.45, 7) is 3.14. The molecular weight excluding hydrogens is 448 g/mol. The van der Waals surface area contributed by atoms with Crippen LogP contribution in [0.25, 0.3) is 6.08 Å². The second kappa shape index (κ2) is 10.8. The maximum Gasteiger partial charge on any atom is 0.289 e. The number of morpholine rings is 1. The van der Waals surface area contributed by atoms with Gasteiger partial charge in [-0.05, 0) is 61.1 Å². The van der Waals surface area contributed by atoms with Gasteiger partial charge >= 0.3 is 0 Å². The molecule has 0 radical (unpaired) electrons. The van der Waals surface area contributed by atoms with Gasteiger partial charge in [-0.25, -0.2) is 0 Å². The van der Waals surface area contributed by atoms with Gasteiger partial charge in [0.25, 0.3) is 11.8 Å². The minimum absolute atomic E-state index is 0.0237.